The monoisotopic (exact) mass is 344 g/mol. The Morgan fingerprint density at radius 1 is 1.24 bits per heavy atom. The zero-order valence-corrected chi connectivity index (χ0v) is 15.3. The molecule has 25 heavy (non-hydrogen) atoms. The number of rotatable bonds is 7. The highest BCUT2D eigenvalue weighted by atomic mass is 16.3. The van der Waals surface area contributed by atoms with Crippen LogP contribution in [-0.4, -0.2) is 45.5 Å². The molecule has 0 spiro atoms. The lowest BCUT2D eigenvalue weighted by Gasteiger charge is -2.29. The van der Waals surface area contributed by atoms with E-state index in [1.54, 1.807) is 15.6 Å². The molecule has 0 bridgehead atoms. The van der Waals surface area contributed by atoms with Gasteiger partial charge in [0.2, 0.25) is 0 Å². The fourth-order valence-electron chi connectivity index (χ4n) is 2.56. The highest BCUT2D eigenvalue weighted by Gasteiger charge is 2.21. The average molecular weight is 344 g/mol. The molecule has 1 heterocycles. The normalized spacial score (nSPS) is 11.4. The van der Waals surface area contributed by atoms with E-state index in [2.05, 4.69) is 31.2 Å². The van der Waals surface area contributed by atoms with Crippen LogP contribution in [0.4, 0.5) is 10.6 Å². The van der Waals surface area contributed by atoms with Gasteiger partial charge in [-0.25, -0.2) is 4.79 Å². The Labute approximate surface area is 149 Å². The number of nitrogens with one attached hydrogen (secondary N) is 1. The SMILES string of the molecule is CC(C)(C)CN(CCCO)C(=O)Nc1ccn(Cc2ccccc2)n1. The summed E-state index contributed by atoms with van der Waals surface area (Å²) in [5.74, 6) is 0.531. The number of benzene rings is 1. The third kappa shape index (κ3) is 6.58. The molecular formula is C19H28N4O2. The van der Waals surface area contributed by atoms with Gasteiger partial charge in [0.25, 0.3) is 0 Å². The number of hydrogen-bond acceptors (Lipinski definition) is 3. The molecule has 0 radical (unpaired) electrons. The summed E-state index contributed by atoms with van der Waals surface area (Å²) in [6, 6.07) is 11.7. The maximum Gasteiger partial charge on any atom is 0.323 e. The topological polar surface area (TPSA) is 70.4 Å². The zero-order chi connectivity index (χ0) is 18.3. The quantitative estimate of drug-likeness (QED) is 0.810. The molecule has 136 valence electrons. The second-order valence-electron chi connectivity index (χ2n) is 7.37. The van der Waals surface area contributed by atoms with E-state index in [-0.39, 0.29) is 18.1 Å². The first-order valence-electron chi connectivity index (χ1n) is 8.61. The molecule has 2 N–H and O–H groups in total. The predicted octanol–water partition coefficient (Wildman–Crippen LogP) is 3.19. The van der Waals surface area contributed by atoms with E-state index in [0.717, 1.165) is 5.56 Å². The smallest absolute Gasteiger partial charge is 0.323 e. The summed E-state index contributed by atoms with van der Waals surface area (Å²) in [7, 11) is 0. The van der Waals surface area contributed by atoms with Crippen molar-refractivity contribution in [2.75, 3.05) is 25.0 Å². The largest absolute Gasteiger partial charge is 0.396 e. The van der Waals surface area contributed by atoms with Crippen molar-refractivity contribution in [1.82, 2.24) is 14.7 Å². The van der Waals surface area contributed by atoms with Gasteiger partial charge >= 0.3 is 6.03 Å². The highest BCUT2D eigenvalue weighted by molar-refractivity contribution is 5.88. The molecular weight excluding hydrogens is 316 g/mol. The second kappa shape index (κ2) is 8.67. The number of aliphatic hydroxyl groups excluding tert-OH is 1. The van der Waals surface area contributed by atoms with Gasteiger partial charge in [0, 0.05) is 32.0 Å². The predicted molar refractivity (Wildman–Crippen MR) is 99.5 cm³/mol. The lowest BCUT2D eigenvalue weighted by atomic mass is 9.96. The van der Waals surface area contributed by atoms with Crippen LogP contribution in [0.15, 0.2) is 42.6 Å². The fourth-order valence-corrected chi connectivity index (χ4v) is 2.56. The number of nitrogens with zero attached hydrogens (tertiary/aromatic N) is 3. The van der Waals surface area contributed by atoms with Gasteiger partial charge < -0.3 is 10.0 Å². The number of aliphatic hydroxyl groups is 1. The Balaban J connectivity index is 1.98. The number of urea groups is 1. The Kier molecular flexibility index (Phi) is 6.58. The summed E-state index contributed by atoms with van der Waals surface area (Å²) >= 11 is 0. The van der Waals surface area contributed by atoms with Crippen molar-refractivity contribution in [3.63, 3.8) is 0 Å². The van der Waals surface area contributed by atoms with E-state index in [1.807, 2.05) is 36.5 Å². The molecule has 0 atom stereocenters. The molecule has 1 aromatic carbocycles. The second-order valence-corrected chi connectivity index (χ2v) is 7.37. The van der Waals surface area contributed by atoms with Crippen LogP contribution in [0.3, 0.4) is 0 Å². The Morgan fingerprint density at radius 2 is 1.96 bits per heavy atom. The average Bonchev–Trinajstić information content (AvgIpc) is 2.98. The van der Waals surface area contributed by atoms with Crippen LogP contribution in [0.25, 0.3) is 0 Å². The molecule has 2 amide bonds. The minimum absolute atomic E-state index is 0.0144. The van der Waals surface area contributed by atoms with E-state index >= 15 is 0 Å². The van der Waals surface area contributed by atoms with Crippen LogP contribution in [0.5, 0.6) is 0 Å². The van der Waals surface area contributed by atoms with Gasteiger partial charge in [0.05, 0.1) is 6.54 Å². The maximum atomic E-state index is 12.5. The Hall–Kier alpha value is -2.34. The summed E-state index contributed by atoms with van der Waals surface area (Å²) in [6.45, 7) is 8.11. The van der Waals surface area contributed by atoms with Crippen molar-refractivity contribution in [2.45, 2.75) is 33.7 Å². The van der Waals surface area contributed by atoms with Crippen LogP contribution < -0.4 is 5.32 Å². The van der Waals surface area contributed by atoms with Crippen molar-refractivity contribution < 1.29 is 9.90 Å². The molecule has 0 aliphatic rings. The molecule has 0 unspecified atom stereocenters. The standard InChI is InChI=1S/C19H28N4O2/c1-19(2,3)15-22(11-7-13-24)18(25)20-17-10-12-23(21-17)14-16-8-5-4-6-9-16/h4-6,8-10,12,24H,7,11,13-15H2,1-3H3,(H,20,21,25). The summed E-state index contributed by atoms with van der Waals surface area (Å²) in [4.78, 5) is 14.3. The lowest BCUT2D eigenvalue weighted by Crippen LogP contribution is -2.41. The summed E-state index contributed by atoms with van der Waals surface area (Å²) in [5.41, 5.74) is 1.14. The van der Waals surface area contributed by atoms with E-state index < -0.39 is 0 Å². The molecule has 6 heteroatoms. The van der Waals surface area contributed by atoms with Crippen molar-refractivity contribution in [2.24, 2.45) is 5.41 Å². The van der Waals surface area contributed by atoms with Crippen molar-refractivity contribution in [3.05, 3.63) is 48.2 Å². The minimum Gasteiger partial charge on any atom is -0.396 e. The van der Waals surface area contributed by atoms with Crippen LogP contribution in [0.2, 0.25) is 0 Å². The third-order valence-corrected chi connectivity index (χ3v) is 3.60. The molecule has 0 saturated carbocycles. The highest BCUT2D eigenvalue weighted by Crippen LogP contribution is 2.16. The number of amides is 2. The Bertz CT molecular complexity index is 662. The van der Waals surface area contributed by atoms with Crippen molar-refractivity contribution in [1.29, 1.82) is 0 Å². The molecule has 0 fully saturated rings. The summed E-state index contributed by atoms with van der Waals surface area (Å²) in [6.07, 6.45) is 2.41. The molecule has 0 aliphatic heterocycles. The van der Waals surface area contributed by atoms with Crippen LogP contribution in [-0.2, 0) is 6.54 Å². The van der Waals surface area contributed by atoms with E-state index in [1.165, 1.54) is 0 Å². The van der Waals surface area contributed by atoms with Crippen molar-refractivity contribution in [3.8, 4) is 0 Å². The first-order valence-corrected chi connectivity index (χ1v) is 8.61. The first kappa shape index (κ1) is 19.0. The van der Waals surface area contributed by atoms with Crippen molar-refractivity contribution >= 4 is 11.8 Å². The number of aromatic nitrogens is 2. The van der Waals surface area contributed by atoms with Gasteiger partial charge in [-0.15, -0.1) is 0 Å². The fraction of sp³-hybridized carbons (Fsp3) is 0.474. The minimum atomic E-state index is -0.187. The third-order valence-electron chi connectivity index (χ3n) is 3.60. The molecule has 0 aliphatic carbocycles. The maximum absolute atomic E-state index is 12.5. The van der Waals surface area contributed by atoms with Crippen LogP contribution in [0.1, 0.15) is 32.8 Å². The lowest BCUT2D eigenvalue weighted by molar-refractivity contribution is 0.176. The first-order chi connectivity index (χ1) is 11.9. The van der Waals surface area contributed by atoms with Gasteiger partial charge in [-0.2, -0.15) is 5.10 Å². The van der Waals surface area contributed by atoms with Crippen LogP contribution >= 0.6 is 0 Å². The number of hydrogen-bond donors (Lipinski definition) is 2. The van der Waals surface area contributed by atoms with Gasteiger partial charge in [0.15, 0.2) is 5.82 Å². The van der Waals surface area contributed by atoms with Crippen LogP contribution in [0, 0.1) is 5.41 Å². The summed E-state index contributed by atoms with van der Waals surface area (Å²) in [5, 5.41) is 16.3. The molecule has 0 saturated heterocycles. The Morgan fingerprint density at radius 3 is 2.60 bits per heavy atom. The molecule has 2 rings (SSSR count). The summed E-state index contributed by atoms with van der Waals surface area (Å²) < 4.78 is 1.80. The molecule has 2 aromatic rings. The molecule has 6 nitrogen and oxygen atoms in total. The number of carbonyl (C=O) groups is 1. The number of carbonyl (C=O) groups excluding carboxylic acids is 1. The zero-order valence-electron chi connectivity index (χ0n) is 15.3. The van der Waals surface area contributed by atoms with Gasteiger partial charge in [-0.1, -0.05) is 51.1 Å². The number of anilines is 1. The molecule has 1 aromatic heterocycles. The van der Waals surface area contributed by atoms with E-state index in [4.69, 9.17) is 5.11 Å². The van der Waals surface area contributed by atoms with Gasteiger partial charge in [0.1, 0.15) is 0 Å². The van der Waals surface area contributed by atoms with E-state index in [9.17, 15) is 4.79 Å². The van der Waals surface area contributed by atoms with Gasteiger partial charge in [-0.05, 0) is 17.4 Å². The van der Waals surface area contributed by atoms with E-state index in [0.29, 0.717) is 31.9 Å². The van der Waals surface area contributed by atoms with Gasteiger partial charge in [-0.3, -0.25) is 10.00 Å².